The van der Waals surface area contributed by atoms with Crippen molar-refractivity contribution >= 4 is 22.6 Å². The Bertz CT molecular complexity index is 720. The molecule has 0 aromatic carbocycles. The second-order valence-corrected chi connectivity index (χ2v) is 8.35. The lowest BCUT2D eigenvalue weighted by Crippen LogP contribution is -2.74. The van der Waals surface area contributed by atoms with Gasteiger partial charge in [-0.3, -0.25) is 0 Å². The number of hydrogen-bond donors (Lipinski definition) is 0. The van der Waals surface area contributed by atoms with Crippen LogP contribution in [-0.4, -0.2) is 47.6 Å². The monoisotopic (exact) mass is 656 g/mol. The molecule has 0 spiro atoms. The smallest absolute Gasteiger partial charge is 0.195 e. The molecule has 0 saturated heterocycles. The van der Waals surface area contributed by atoms with Crippen LogP contribution in [0.4, 0.5) is 74.6 Å². The highest BCUT2D eigenvalue weighted by Crippen LogP contribution is 2.64. The van der Waals surface area contributed by atoms with Gasteiger partial charge in [-0.05, 0) is 39.0 Å². The number of unbranched alkanes of at least 4 members (excludes halogenated alkanes) is 3. The number of hydrogen-bond acceptors (Lipinski definition) is 0. The fourth-order valence-electron chi connectivity index (χ4n) is 2.26. The van der Waals surface area contributed by atoms with E-state index in [1.807, 2.05) is 0 Å². The molecule has 0 aliphatic rings. The van der Waals surface area contributed by atoms with E-state index in [9.17, 15) is 74.6 Å². The van der Waals surface area contributed by atoms with E-state index in [1.165, 1.54) is 0 Å². The van der Waals surface area contributed by atoms with Gasteiger partial charge < -0.3 is 0 Å². The first kappa shape index (κ1) is 33.3. The first-order valence-electron chi connectivity index (χ1n) is 8.79. The number of alkyl halides is 17. The van der Waals surface area contributed by atoms with Crippen LogP contribution in [0, 0.1) is 0 Å². The molecule has 18 heteroatoms. The molecule has 0 amide bonds. The highest BCUT2D eigenvalue weighted by molar-refractivity contribution is 14.1. The molecule has 0 atom stereocenters. The predicted molar refractivity (Wildman–Crippen MR) is 91.5 cm³/mol. The summed E-state index contributed by atoms with van der Waals surface area (Å²) in [5.74, 6) is -56.1. The standard InChI is InChI=1S/C16H14F17I/c1-2-3-4-5-6-8(34)7-9(17,18)10(19,20)11(21,22)12(23,24)13(25,26)14(27,28)15(29,30)16(31,32)33/h7H,2-6H2,1H3. The summed E-state index contributed by atoms with van der Waals surface area (Å²) < 4.78 is 223. The molecule has 0 saturated carbocycles. The molecule has 0 aliphatic heterocycles. The Kier molecular flexibility index (Phi) is 9.76. The molecule has 0 rings (SSSR count). The molecule has 0 aromatic heterocycles. The second-order valence-electron chi connectivity index (χ2n) is 6.97. The Labute approximate surface area is 194 Å². The maximum absolute atomic E-state index is 13.8. The lowest BCUT2D eigenvalue weighted by atomic mass is 9.89. The normalized spacial score (nSPS) is 16.3. The van der Waals surface area contributed by atoms with Crippen molar-refractivity contribution in [2.24, 2.45) is 0 Å². The fourth-order valence-corrected chi connectivity index (χ4v) is 3.03. The van der Waals surface area contributed by atoms with Gasteiger partial charge in [0.25, 0.3) is 0 Å². The van der Waals surface area contributed by atoms with Crippen LogP contribution in [0.2, 0.25) is 0 Å². The zero-order valence-electron chi connectivity index (χ0n) is 16.4. The van der Waals surface area contributed by atoms with Gasteiger partial charge in [0.2, 0.25) is 0 Å². The van der Waals surface area contributed by atoms with Crippen LogP contribution in [0.1, 0.15) is 39.0 Å². The van der Waals surface area contributed by atoms with E-state index in [4.69, 9.17) is 0 Å². The van der Waals surface area contributed by atoms with E-state index in [1.54, 1.807) is 6.92 Å². The second kappa shape index (κ2) is 9.97. The van der Waals surface area contributed by atoms with Gasteiger partial charge in [-0.2, -0.15) is 74.6 Å². The molecular weight excluding hydrogens is 642 g/mol. The minimum atomic E-state index is -8.60. The Morgan fingerprint density at radius 1 is 0.529 bits per heavy atom. The predicted octanol–water partition coefficient (Wildman–Crippen LogP) is 9.29. The molecule has 0 N–H and O–H groups in total. The zero-order valence-corrected chi connectivity index (χ0v) is 18.6. The molecular formula is C16H14F17I. The van der Waals surface area contributed by atoms with Crippen molar-refractivity contribution in [1.82, 2.24) is 0 Å². The first-order valence-corrected chi connectivity index (χ1v) is 9.87. The van der Waals surface area contributed by atoms with Crippen LogP contribution in [0.5, 0.6) is 0 Å². The summed E-state index contributed by atoms with van der Waals surface area (Å²) in [5.41, 5.74) is 0. The third kappa shape index (κ3) is 5.34. The minimum Gasteiger partial charge on any atom is -0.195 e. The SMILES string of the molecule is CCCCCCC(I)=CC(F)(F)C(F)(F)C(F)(F)C(F)(F)C(F)(F)C(F)(F)C(F)(F)C(F)(F)F. The lowest BCUT2D eigenvalue weighted by molar-refractivity contribution is -0.459. The van der Waals surface area contributed by atoms with Crippen LogP contribution >= 0.6 is 22.6 Å². The first-order chi connectivity index (χ1) is 14.7. The minimum absolute atomic E-state index is 0.00631. The Balaban J connectivity index is 6.45. The average Bonchev–Trinajstić information content (AvgIpc) is 2.62. The molecule has 34 heavy (non-hydrogen) atoms. The van der Waals surface area contributed by atoms with E-state index in [0.717, 1.165) is 22.6 Å². The molecule has 0 fully saturated rings. The molecule has 0 aromatic rings. The van der Waals surface area contributed by atoms with Crippen molar-refractivity contribution in [3.63, 3.8) is 0 Å². The van der Waals surface area contributed by atoms with Crippen molar-refractivity contribution < 1.29 is 74.6 Å². The highest BCUT2D eigenvalue weighted by atomic mass is 127. The fraction of sp³-hybridized carbons (Fsp3) is 0.875. The summed E-state index contributed by atoms with van der Waals surface area (Å²) in [7, 11) is 0. The lowest BCUT2D eigenvalue weighted by Gasteiger charge is -2.42. The van der Waals surface area contributed by atoms with Gasteiger partial charge in [-0.1, -0.05) is 26.2 Å². The largest absolute Gasteiger partial charge is 0.460 e. The van der Waals surface area contributed by atoms with Crippen LogP contribution < -0.4 is 0 Å². The van der Waals surface area contributed by atoms with E-state index in [2.05, 4.69) is 0 Å². The van der Waals surface area contributed by atoms with Crippen LogP contribution in [0.3, 0.4) is 0 Å². The summed E-state index contributed by atoms with van der Waals surface area (Å²) in [4.78, 5) is 0. The summed E-state index contributed by atoms with van der Waals surface area (Å²) >= 11 is 0.879. The van der Waals surface area contributed by atoms with Crippen molar-refractivity contribution in [3.05, 3.63) is 9.66 Å². The Morgan fingerprint density at radius 2 is 0.882 bits per heavy atom. The van der Waals surface area contributed by atoms with Gasteiger partial charge in [0.05, 0.1) is 0 Å². The van der Waals surface area contributed by atoms with Crippen molar-refractivity contribution in [1.29, 1.82) is 0 Å². The summed E-state index contributed by atoms with van der Waals surface area (Å²) in [6.07, 6.45) is -7.91. The van der Waals surface area contributed by atoms with E-state index >= 15 is 0 Å². The summed E-state index contributed by atoms with van der Waals surface area (Å²) in [6, 6.07) is 0. The van der Waals surface area contributed by atoms with Crippen LogP contribution in [0.15, 0.2) is 9.66 Å². The zero-order chi connectivity index (χ0) is 27.8. The quantitative estimate of drug-likeness (QED) is 0.112. The maximum Gasteiger partial charge on any atom is 0.460 e. The third-order valence-corrected chi connectivity index (χ3v) is 5.20. The molecule has 0 nitrogen and oxygen atoms in total. The number of halogens is 18. The third-order valence-electron chi connectivity index (χ3n) is 4.35. The van der Waals surface area contributed by atoms with E-state index in [-0.39, 0.29) is 6.42 Å². The van der Waals surface area contributed by atoms with Gasteiger partial charge in [0, 0.05) is 6.08 Å². The average molecular weight is 656 g/mol. The Hall–Kier alpha value is -0.720. The maximum atomic E-state index is 13.8. The van der Waals surface area contributed by atoms with Gasteiger partial charge in [0.15, 0.2) is 0 Å². The number of allylic oxidation sites excluding steroid dienone is 2. The molecule has 0 unspecified atom stereocenters. The summed E-state index contributed by atoms with van der Waals surface area (Å²) in [6.45, 7) is 1.70. The molecule has 0 heterocycles. The topological polar surface area (TPSA) is 0 Å². The Morgan fingerprint density at radius 3 is 1.24 bits per heavy atom. The molecule has 0 aliphatic carbocycles. The summed E-state index contributed by atoms with van der Waals surface area (Å²) in [5, 5.41) is 0. The molecule has 0 radical (unpaired) electrons. The van der Waals surface area contributed by atoms with Gasteiger partial charge >= 0.3 is 47.6 Å². The van der Waals surface area contributed by atoms with E-state index in [0.29, 0.717) is 19.3 Å². The highest BCUT2D eigenvalue weighted by Gasteiger charge is 2.95. The molecule has 204 valence electrons. The van der Waals surface area contributed by atoms with E-state index < -0.39 is 63.7 Å². The van der Waals surface area contributed by atoms with Gasteiger partial charge in [0.1, 0.15) is 0 Å². The van der Waals surface area contributed by atoms with Crippen molar-refractivity contribution in [3.8, 4) is 0 Å². The van der Waals surface area contributed by atoms with Gasteiger partial charge in [-0.25, -0.2) is 0 Å². The van der Waals surface area contributed by atoms with Crippen molar-refractivity contribution in [2.75, 3.05) is 0 Å². The number of rotatable bonds is 12. The van der Waals surface area contributed by atoms with Gasteiger partial charge in [-0.15, -0.1) is 0 Å². The molecule has 0 bridgehead atoms. The van der Waals surface area contributed by atoms with Crippen LogP contribution in [0.25, 0.3) is 0 Å². The van der Waals surface area contributed by atoms with Crippen molar-refractivity contribution in [2.45, 2.75) is 86.7 Å². The van der Waals surface area contributed by atoms with Crippen LogP contribution in [-0.2, 0) is 0 Å².